The van der Waals surface area contributed by atoms with Crippen molar-refractivity contribution in [3.63, 3.8) is 0 Å². The van der Waals surface area contributed by atoms with Crippen molar-refractivity contribution in [3.05, 3.63) is 77.5 Å². The average Bonchev–Trinajstić information content (AvgIpc) is 3.09. The normalized spacial score (nSPS) is 11.7. The van der Waals surface area contributed by atoms with E-state index in [2.05, 4.69) is 9.97 Å². The fraction of sp³-hybridized carbons (Fsp3) is 0.217. The Kier molecular flexibility index (Phi) is 4.94. The highest BCUT2D eigenvalue weighted by molar-refractivity contribution is 5.94. The summed E-state index contributed by atoms with van der Waals surface area (Å²) in [4.78, 5) is 19.7. The van der Waals surface area contributed by atoms with Crippen molar-refractivity contribution in [2.45, 2.75) is 25.8 Å². The van der Waals surface area contributed by atoms with E-state index < -0.39 is 0 Å². The van der Waals surface area contributed by atoms with Gasteiger partial charge in [-0.2, -0.15) is 0 Å². The number of aromatic amines is 1. The third-order valence-corrected chi connectivity index (χ3v) is 4.80. The monoisotopic (exact) mass is 388 g/mol. The maximum atomic E-state index is 12.6. The van der Waals surface area contributed by atoms with Crippen LogP contribution in [-0.4, -0.2) is 26.7 Å². The van der Waals surface area contributed by atoms with Gasteiger partial charge in [-0.15, -0.1) is 0 Å². The molecule has 0 saturated carbocycles. The standard InChI is InChI=1S/C23H24N4O2/c1-23(2,24)12-13-29-18-10-8-16(9-11-18)19-14-27(17-6-4-3-5-7-17)21-20(19)22(28)26-15-25-21/h3-11,14-15H,12-13,24H2,1-2H3,(H,25,26,28). The highest BCUT2D eigenvalue weighted by atomic mass is 16.5. The molecule has 0 spiro atoms. The van der Waals surface area contributed by atoms with Crippen LogP contribution in [0.2, 0.25) is 0 Å². The van der Waals surface area contributed by atoms with Gasteiger partial charge in [-0.25, -0.2) is 4.98 Å². The first-order chi connectivity index (χ1) is 13.9. The Morgan fingerprint density at radius 3 is 2.52 bits per heavy atom. The zero-order valence-electron chi connectivity index (χ0n) is 16.6. The summed E-state index contributed by atoms with van der Waals surface area (Å²) in [6.07, 6.45) is 4.15. The summed E-state index contributed by atoms with van der Waals surface area (Å²) < 4.78 is 7.73. The van der Waals surface area contributed by atoms with Gasteiger partial charge in [0.2, 0.25) is 0 Å². The highest BCUT2D eigenvalue weighted by Gasteiger charge is 2.16. The van der Waals surface area contributed by atoms with Gasteiger partial charge in [0.05, 0.1) is 18.3 Å². The molecule has 0 unspecified atom stereocenters. The molecule has 0 aliphatic carbocycles. The molecule has 0 radical (unpaired) electrons. The fourth-order valence-corrected chi connectivity index (χ4v) is 3.24. The predicted octanol–water partition coefficient (Wildman–Crippen LogP) is 3.89. The van der Waals surface area contributed by atoms with Crippen LogP contribution in [0.3, 0.4) is 0 Å². The smallest absolute Gasteiger partial charge is 0.260 e. The van der Waals surface area contributed by atoms with Crippen molar-refractivity contribution < 1.29 is 4.74 Å². The lowest BCUT2D eigenvalue weighted by Gasteiger charge is -2.18. The maximum absolute atomic E-state index is 12.6. The van der Waals surface area contributed by atoms with Crippen LogP contribution in [0.25, 0.3) is 27.8 Å². The van der Waals surface area contributed by atoms with Crippen molar-refractivity contribution in [1.82, 2.24) is 14.5 Å². The molecule has 29 heavy (non-hydrogen) atoms. The molecule has 2 aromatic carbocycles. The number of nitrogens with one attached hydrogen (secondary N) is 1. The topological polar surface area (TPSA) is 85.9 Å². The molecule has 0 aliphatic rings. The largest absolute Gasteiger partial charge is 0.494 e. The van der Waals surface area contributed by atoms with Crippen molar-refractivity contribution in [2.24, 2.45) is 5.73 Å². The number of para-hydroxylation sites is 1. The summed E-state index contributed by atoms with van der Waals surface area (Å²) >= 11 is 0. The quantitative estimate of drug-likeness (QED) is 0.525. The van der Waals surface area contributed by atoms with E-state index in [1.54, 1.807) is 0 Å². The van der Waals surface area contributed by atoms with Crippen LogP contribution >= 0.6 is 0 Å². The van der Waals surface area contributed by atoms with Crippen molar-refractivity contribution >= 4 is 11.0 Å². The number of aromatic nitrogens is 3. The lowest BCUT2D eigenvalue weighted by molar-refractivity contribution is 0.274. The minimum atomic E-state index is -0.257. The number of nitrogens with zero attached hydrogens (tertiary/aromatic N) is 2. The number of fused-ring (bicyclic) bond motifs is 1. The van der Waals surface area contributed by atoms with Crippen molar-refractivity contribution in [3.8, 4) is 22.6 Å². The fourth-order valence-electron chi connectivity index (χ4n) is 3.24. The van der Waals surface area contributed by atoms with E-state index in [1.165, 1.54) is 6.33 Å². The number of hydrogen-bond acceptors (Lipinski definition) is 4. The minimum absolute atomic E-state index is 0.162. The molecule has 148 valence electrons. The molecule has 0 fully saturated rings. The number of rotatable bonds is 6. The van der Waals surface area contributed by atoms with Gasteiger partial charge >= 0.3 is 0 Å². The van der Waals surface area contributed by atoms with Gasteiger partial charge in [-0.1, -0.05) is 30.3 Å². The molecule has 2 aromatic heterocycles. The lowest BCUT2D eigenvalue weighted by Crippen LogP contribution is -2.33. The minimum Gasteiger partial charge on any atom is -0.494 e. The number of ether oxygens (including phenoxy) is 1. The summed E-state index contributed by atoms with van der Waals surface area (Å²) in [5, 5.41) is 0.565. The first-order valence-corrected chi connectivity index (χ1v) is 9.59. The number of benzene rings is 2. The molecule has 3 N–H and O–H groups in total. The predicted molar refractivity (Wildman–Crippen MR) is 116 cm³/mol. The lowest BCUT2D eigenvalue weighted by atomic mass is 10.0. The number of hydrogen-bond donors (Lipinski definition) is 2. The summed E-state index contributed by atoms with van der Waals surface area (Å²) in [7, 11) is 0. The molecule has 4 rings (SSSR count). The van der Waals surface area contributed by atoms with Gasteiger partial charge in [-0.05, 0) is 50.1 Å². The van der Waals surface area contributed by atoms with E-state index in [0.717, 1.165) is 29.0 Å². The Labute approximate surface area is 169 Å². The van der Waals surface area contributed by atoms with E-state index in [4.69, 9.17) is 10.5 Å². The van der Waals surface area contributed by atoms with E-state index in [1.807, 2.05) is 79.2 Å². The van der Waals surface area contributed by atoms with Crippen LogP contribution in [0.5, 0.6) is 5.75 Å². The SMILES string of the molecule is CC(C)(N)CCOc1ccc(-c2cn(-c3ccccc3)c3nc[nH]c(=O)c23)cc1. The summed E-state index contributed by atoms with van der Waals surface area (Å²) in [6.45, 7) is 4.51. The highest BCUT2D eigenvalue weighted by Crippen LogP contribution is 2.30. The number of nitrogens with two attached hydrogens (primary N) is 1. The molecular formula is C23H24N4O2. The molecule has 0 bridgehead atoms. The first-order valence-electron chi connectivity index (χ1n) is 9.59. The molecule has 2 heterocycles. The molecule has 0 saturated heterocycles. The van der Waals surface area contributed by atoms with E-state index in [-0.39, 0.29) is 11.1 Å². The van der Waals surface area contributed by atoms with Crippen LogP contribution in [0.1, 0.15) is 20.3 Å². The molecular weight excluding hydrogens is 364 g/mol. The second-order valence-corrected chi connectivity index (χ2v) is 7.79. The molecule has 0 aliphatic heterocycles. The van der Waals surface area contributed by atoms with E-state index in [9.17, 15) is 4.79 Å². The molecule has 6 nitrogen and oxygen atoms in total. The second-order valence-electron chi connectivity index (χ2n) is 7.79. The Hall–Kier alpha value is -3.38. The summed E-state index contributed by atoms with van der Waals surface area (Å²) in [5.41, 5.74) is 8.91. The van der Waals surface area contributed by atoms with Crippen LogP contribution in [-0.2, 0) is 0 Å². The van der Waals surface area contributed by atoms with Crippen LogP contribution in [0, 0.1) is 0 Å². The first kappa shape index (κ1) is 19.0. The summed E-state index contributed by atoms with van der Waals surface area (Å²) in [6, 6.07) is 17.6. The average molecular weight is 388 g/mol. The molecule has 0 atom stereocenters. The third-order valence-electron chi connectivity index (χ3n) is 4.80. The van der Waals surface area contributed by atoms with Gasteiger partial charge in [-0.3, -0.25) is 4.79 Å². The van der Waals surface area contributed by atoms with Crippen molar-refractivity contribution in [2.75, 3.05) is 6.61 Å². The molecule has 0 amide bonds. The van der Waals surface area contributed by atoms with Gasteiger partial charge in [0.1, 0.15) is 5.75 Å². The molecule has 4 aromatic rings. The van der Waals surface area contributed by atoms with Crippen molar-refractivity contribution in [1.29, 1.82) is 0 Å². The van der Waals surface area contributed by atoms with Gasteiger partial charge in [0.15, 0.2) is 5.65 Å². The summed E-state index contributed by atoms with van der Waals surface area (Å²) in [5.74, 6) is 0.775. The maximum Gasteiger partial charge on any atom is 0.260 e. The van der Waals surface area contributed by atoms with Crippen LogP contribution in [0.4, 0.5) is 0 Å². The second kappa shape index (κ2) is 7.56. The van der Waals surface area contributed by atoms with Gasteiger partial charge in [0.25, 0.3) is 5.56 Å². The zero-order chi connectivity index (χ0) is 20.4. The molecule has 6 heteroatoms. The van der Waals surface area contributed by atoms with Crippen LogP contribution in [0.15, 0.2) is 71.9 Å². The Morgan fingerprint density at radius 1 is 1.10 bits per heavy atom. The Balaban J connectivity index is 1.70. The zero-order valence-corrected chi connectivity index (χ0v) is 16.6. The van der Waals surface area contributed by atoms with Gasteiger partial charge < -0.3 is 20.0 Å². The Morgan fingerprint density at radius 2 is 1.83 bits per heavy atom. The van der Waals surface area contributed by atoms with E-state index in [0.29, 0.717) is 17.6 Å². The third kappa shape index (κ3) is 4.07. The van der Waals surface area contributed by atoms with Gasteiger partial charge in [0, 0.05) is 23.0 Å². The Bertz CT molecular complexity index is 1170. The number of H-pyrrole nitrogens is 1. The van der Waals surface area contributed by atoms with E-state index >= 15 is 0 Å². The van der Waals surface area contributed by atoms with Crippen LogP contribution < -0.4 is 16.0 Å².